The Morgan fingerprint density at radius 1 is 1.10 bits per heavy atom. The summed E-state index contributed by atoms with van der Waals surface area (Å²) in [6.07, 6.45) is 0. The third kappa shape index (κ3) is 3.82. The van der Waals surface area contributed by atoms with Crippen molar-refractivity contribution in [3.63, 3.8) is 0 Å². The van der Waals surface area contributed by atoms with Crippen LogP contribution in [0.3, 0.4) is 0 Å². The second kappa shape index (κ2) is 7.43. The highest BCUT2D eigenvalue weighted by Crippen LogP contribution is 2.20. The highest BCUT2D eigenvalue weighted by atomic mass is 35.5. The first-order valence-electron chi connectivity index (χ1n) is 6.26. The van der Waals surface area contributed by atoms with Crippen LogP contribution in [0, 0.1) is 0 Å². The van der Waals surface area contributed by atoms with Crippen LogP contribution < -0.4 is 10.5 Å². The van der Waals surface area contributed by atoms with Crippen LogP contribution in [-0.4, -0.2) is 16.6 Å². The average molecular weight is 310 g/mol. The summed E-state index contributed by atoms with van der Waals surface area (Å²) in [7, 11) is -1.17. The van der Waals surface area contributed by atoms with E-state index in [2.05, 4.69) is 0 Å². The van der Waals surface area contributed by atoms with E-state index in [0.717, 1.165) is 11.3 Å². The molecule has 2 rings (SSSR count). The normalized spacial score (nSPS) is 12.1. The van der Waals surface area contributed by atoms with Crippen molar-refractivity contribution >= 4 is 22.4 Å². The van der Waals surface area contributed by atoms with Crippen LogP contribution in [0.1, 0.15) is 5.56 Å². The number of para-hydroxylation sites is 1. The summed E-state index contributed by atoms with van der Waals surface area (Å²) in [6.45, 7) is 0.776. The van der Waals surface area contributed by atoms with E-state index < -0.39 is 10.8 Å². The largest absolute Gasteiger partial charge is 0.492 e. The summed E-state index contributed by atoms with van der Waals surface area (Å²) in [5.74, 6) is 1.13. The fourth-order valence-corrected chi connectivity index (χ4v) is 3.14. The van der Waals surface area contributed by atoms with E-state index in [-0.39, 0.29) is 0 Å². The van der Waals surface area contributed by atoms with Crippen LogP contribution in [0.5, 0.6) is 5.75 Å². The maximum absolute atomic E-state index is 12.1. The Balaban J connectivity index is 1.93. The van der Waals surface area contributed by atoms with Crippen molar-refractivity contribution in [1.29, 1.82) is 0 Å². The number of benzene rings is 2. The minimum absolute atomic E-state index is 0.356. The lowest BCUT2D eigenvalue weighted by atomic mass is 10.2. The first-order chi connectivity index (χ1) is 9.72. The minimum Gasteiger partial charge on any atom is -0.492 e. The zero-order chi connectivity index (χ0) is 14.4. The number of nitrogens with two attached hydrogens (primary N) is 1. The van der Waals surface area contributed by atoms with Gasteiger partial charge in [0.1, 0.15) is 12.4 Å². The van der Waals surface area contributed by atoms with Gasteiger partial charge in [0.25, 0.3) is 0 Å². The van der Waals surface area contributed by atoms with Crippen LogP contribution in [0.15, 0.2) is 53.4 Å². The van der Waals surface area contributed by atoms with Crippen molar-refractivity contribution in [2.24, 2.45) is 5.73 Å². The van der Waals surface area contributed by atoms with Crippen LogP contribution in [0.2, 0.25) is 5.02 Å². The molecule has 2 aromatic rings. The van der Waals surface area contributed by atoms with E-state index in [1.807, 2.05) is 36.4 Å². The quantitative estimate of drug-likeness (QED) is 0.892. The molecule has 3 nitrogen and oxygen atoms in total. The van der Waals surface area contributed by atoms with Crippen molar-refractivity contribution in [2.75, 3.05) is 12.4 Å². The monoisotopic (exact) mass is 309 g/mol. The molecule has 2 N–H and O–H groups in total. The third-order valence-electron chi connectivity index (χ3n) is 2.80. The molecular weight excluding hydrogens is 294 g/mol. The molecule has 0 radical (unpaired) electrons. The Kier molecular flexibility index (Phi) is 5.59. The van der Waals surface area contributed by atoms with Gasteiger partial charge in [-0.2, -0.15) is 0 Å². The molecule has 0 amide bonds. The Hall–Kier alpha value is -1.36. The predicted molar refractivity (Wildman–Crippen MR) is 82.6 cm³/mol. The molecule has 0 saturated heterocycles. The van der Waals surface area contributed by atoms with Crippen LogP contribution in [0.4, 0.5) is 0 Å². The Morgan fingerprint density at radius 2 is 1.80 bits per heavy atom. The van der Waals surface area contributed by atoms with Crippen LogP contribution in [-0.2, 0) is 17.3 Å². The Bertz CT molecular complexity index is 604. The van der Waals surface area contributed by atoms with Crippen molar-refractivity contribution in [1.82, 2.24) is 0 Å². The van der Waals surface area contributed by atoms with E-state index in [0.29, 0.717) is 28.8 Å². The lowest BCUT2D eigenvalue weighted by Gasteiger charge is -2.10. The molecule has 0 saturated carbocycles. The van der Waals surface area contributed by atoms with E-state index >= 15 is 0 Å². The summed E-state index contributed by atoms with van der Waals surface area (Å²) >= 11 is 6.01. The molecule has 0 heterocycles. The molecule has 0 aliphatic carbocycles. The summed E-state index contributed by atoms with van der Waals surface area (Å²) < 4.78 is 17.8. The zero-order valence-electron chi connectivity index (χ0n) is 10.9. The van der Waals surface area contributed by atoms with Gasteiger partial charge in [0, 0.05) is 12.1 Å². The van der Waals surface area contributed by atoms with Gasteiger partial charge < -0.3 is 10.5 Å². The van der Waals surface area contributed by atoms with E-state index in [9.17, 15) is 4.21 Å². The molecule has 1 atom stereocenters. The standard InChI is InChI=1S/C15H16ClNO2S/c16-13-6-2-4-8-15(13)20(18)10-9-19-14-7-3-1-5-12(14)11-17/h1-8H,9-11,17H2. The van der Waals surface area contributed by atoms with Gasteiger partial charge >= 0.3 is 0 Å². The first kappa shape index (κ1) is 15.0. The molecule has 0 fully saturated rings. The number of rotatable bonds is 6. The minimum atomic E-state index is -1.17. The third-order valence-corrected chi connectivity index (χ3v) is 4.63. The van der Waals surface area contributed by atoms with Gasteiger partial charge in [-0.25, -0.2) is 0 Å². The van der Waals surface area contributed by atoms with Crippen LogP contribution >= 0.6 is 11.6 Å². The van der Waals surface area contributed by atoms with E-state index in [1.165, 1.54) is 0 Å². The summed E-state index contributed by atoms with van der Waals surface area (Å²) in [6, 6.07) is 14.7. The van der Waals surface area contributed by atoms with Gasteiger partial charge in [-0.15, -0.1) is 0 Å². The second-order valence-electron chi connectivity index (χ2n) is 4.14. The zero-order valence-corrected chi connectivity index (χ0v) is 12.5. The van der Waals surface area contributed by atoms with Crippen molar-refractivity contribution in [3.05, 3.63) is 59.1 Å². The lowest BCUT2D eigenvalue weighted by Crippen LogP contribution is -2.10. The van der Waals surface area contributed by atoms with Gasteiger partial charge in [0.05, 0.1) is 26.5 Å². The smallest absolute Gasteiger partial charge is 0.123 e. The van der Waals surface area contributed by atoms with Crippen molar-refractivity contribution in [2.45, 2.75) is 11.4 Å². The maximum Gasteiger partial charge on any atom is 0.123 e. The molecule has 5 heteroatoms. The first-order valence-corrected chi connectivity index (χ1v) is 7.95. The molecule has 106 valence electrons. The number of halogens is 1. The topological polar surface area (TPSA) is 52.3 Å². The fraction of sp³-hybridized carbons (Fsp3) is 0.200. The fourth-order valence-electron chi connectivity index (χ4n) is 1.78. The van der Waals surface area contributed by atoms with Gasteiger partial charge in [-0.3, -0.25) is 4.21 Å². The Labute approximate surface area is 126 Å². The number of hydrogen-bond donors (Lipinski definition) is 1. The van der Waals surface area contributed by atoms with Crippen molar-refractivity contribution < 1.29 is 8.95 Å². The number of hydrogen-bond acceptors (Lipinski definition) is 3. The maximum atomic E-state index is 12.1. The van der Waals surface area contributed by atoms with Gasteiger partial charge in [-0.1, -0.05) is 41.9 Å². The average Bonchev–Trinajstić information content (AvgIpc) is 2.48. The second-order valence-corrected chi connectivity index (χ2v) is 6.09. The highest BCUT2D eigenvalue weighted by Gasteiger charge is 2.08. The van der Waals surface area contributed by atoms with E-state index in [4.69, 9.17) is 22.1 Å². The molecule has 0 aliphatic rings. The predicted octanol–water partition coefficient (Wildman–Crippen LogP) is 2.99. The number of ether oxygens (including phenoxy) is 1. The van der Waals surface area contributed by atoms with Gasteiger partial charge in [0.15, 0.2) is 0 Å². The molecule has 0 aliphatic heterocycles. The van der Waals surface area contributed by atoms with Crippen LogP contribution in [0.25, 0.3) is 0 Å². The summed E-state index contributed by atoms with van der Waals surface area (Å²) in [5.41, 5.74) is 6.58. The molecule has 1 unspecified atom stereocenters. The van der Waals surface area contributed by atoms with Crippen molar-refractivity contribution in [3.8, 4) is 5.75 Å². The lowest BCUT2D eigenvalue weighted by molar-refractivity contribution is 0.339. The summed E-state index contributed by atoms with van der Waals surface area (Å²) in [5, 5.41) is 0.521. The van der Waals surface area contributed by atoms with E-state index in [1.54, 1.807) is 12.1 Å². The molecule has 2 aromatic carbocycles. The van der Waals surface area contributed by atoms with Gasteiger partial charge in [0.2, 0.25) is 0 Å². The molecule has 0 bridgehead atoms. The highest BCUT2D eigenvalue weighted by molar-refractivity contribution is 7.85. The summed E-state index contributed by atoms with van der Waals surface area (Å²) in [4.78, 5) is 0.643. The Morgan fingerprint density at radius 3 is 2.55 bits per heavy atom. The molecule has 0 spiro atoms. The molecule has 0 aromatic heterocycles. The van der Waals surface area contributed by atoms with Gasteiger partial charge in [-0.05, 0) is 18.2 Å². The SMILES string of the molecule is NCc1ccccc1OCCS(=O)c1ccccc1Cl. The molecular formula is C15H16ClNO2S. The molecule has 20 heavy (non-hydrogen) atoms.